The van der Waals surface area contributed by atoms with Gasteiger partial charge in [0.25, 0.3) is 6.30 Å². The van der Waals surface area contributed by atoms with Crippen molar-refractivity contribution in [3.05, 3.63) is 30.5 Å². The second kappa shape index (κ2) is 6.41. The fraction of sp³-hybridized carbons (Fsp3) is 0.400. The van der Waals surface area contributed by atoms with Gasteiger partial charge in [0.05, 0.1) is 18.7 Å². The molecule has 108 valence electrons. The molecule has 4 nitrogen and oxygen atoms in total. The zero-order valence-corrected chi connectivity index (χ0v) is 11.6. The van der Waals surface area contributed by atoms with Gasteiger partial charge >= 0.3 is 5.97 Å². The van der Waals surface area contributed by atoms with Gasteiger partial charge in [-0.25, -0.2) is 9.18 Å². The number of carbonyl (C=O) groups is 1. The predicted molar refractivity (Wildman–Crippen MR) is 74.5 cm³/mol. The van der Waals surface area contributed by atoms with Gasteiger partial charge in [-0.05, 0) is 37.6 Å². The highest BCUT2D eigenvalue weighted by molar-refractivity contribution is 5.84. The molecule has 0 N–H and O–H groups in total. The molecule has 1 heterocycles. The van der Waals surface area contributed by atoms with E-state index in [4.69, 9.17) is 9.47 Å². The van der Waals surface area contributed by atoms with E-state index in [2.05, 4.69) is 0 Å². The second-order valence-electron chi connectivity index (χ2n) is 4.38. The van der Waals surface area contributed by atoms with Crippen molar-refractivity contribution in [2.45, 2.75) is 26.6 Å². The predicted octanol–water partition coefficient (Wildman–Crippen LogP) is 3.46. The SMILES string of the molecule is CCCOc1ccc2c(ccn2C(F)C(=O)OCC)c1. The van der Waals surface area contributed by atoms with Crippen LogP contribution in [0.3, 0.4) is 0 Å². The number of carbonyl (C=O) groups excluding carboxylic acids is 1. The van der Waals surface area contributed by atoms with Gasteiger partial charge in [-0.2, -0.15) is 0 Å². The Morgan fingerprint density at radius 3 is 2.85 bits per heavy atom. The molecule has 1 aromatic heterocycles. The number of esters is 1. The Kier molecular flexibility index (Phi) is 4.61. The summed E-state index contributed by atoms with van der Waals surface area (Å²) in [5, 5.41) is 0.825. The van der Waals surface area contributed by atoms with Crippen LogP contribution in [0, 0.1) is 0 Å². The smallest absolute Gasteiger partial charge is 0.362 e. The Balaban J connectivity index is 2.26. The fourth-order valence-electron chi connectivity index (χ4n) is 1.97. The molecule has 0 saturated carbocycles. The average Bonchev–Trinajstić information content (AvgIpc) is 2.87. The molecule has 0 aliphatic carbocycles. The Bertz CT molecular complexity index is 594. The molecule has 2 rings (SSSR count). The minimum absolute atomic E-state index is 0.160. The molecular weight excluding hydrogens is 261 g/mol. The van der Waals surface area contributed by atoms with E-state index >= 15 is 0 Å². The summed E-state index contributed by atoms with van der Waals surface area (Å²) >= 11 is 0. The average molecular weight is 279 g/mol. The molecular formula is C15H18FNO3. The van der Waals surface area contributed by atoms with Crippen molar-refractivity contribution in [2.75, 3.05) is 13.2 Å². The third kappa shape index (κ3) is 2.92. The third-order valence-corrected chi connectivity index (χ3v) is 2.89. The zero-order valence-electron chi connectivity index (χ0n) is 11.6. The molecule has 0 aliphatic heterocycles. The molecule has 0 aliphatic rings. The first-order valence-electron chi connectivity index (χ1n) is 6.71. The summed E-state index contributed by atoms with van der Waals surface area (Å²) < 4.78 is 25.5. The Hall–Kier alpha value is -2.04. The summed E-state index contributed by atoms with van der Waals surface area (Å²) in [6.07, 6.45) is 0.638. The van der Waals surface area contributed by atoms with Gasteiger partial charge in [0.2, 0.25) is 0 Å². The van der Waals surface area contributed by atoms with Crippen LogP contribution in [0.4, 0.5) is 4.39 Å². The number of alkyl halides is 1. The van der Waals surface area contributed by atoms with E-state index in [9.17, 15) is 9.18 Å². The van der Waals surface area contributed by atoms with Crippen molar-refractivity contribution in [1.29, 1.82) is 0 Å². The molecule has 2 aromatic rings. The Labute approximate surface area is 117 Å². The molecule has 0 spiro atoms. The Morgan fingerprint density at radius 2 is 2.15 bits per heavy atom. The molecule has 1 unspecified atom stereocenters. The maximum atomic E-state index is 14.0. The van der Waals surface area contributed by atoms with E-state index in [1.165, 1.54) is 10.8 Å². The summed E-state index contributed by atoms with van der Waals surface area (Å²) in [6, 6.07) is 7.10. The highest BCUT2D eigenvalue weighted by Crippen LogP contribution is 2.26. The highest BCUT2D eigenvalue weighted by atomic mass is 19.1. The normalized spacial score (nSPS) is 12.3. The van der Waals surface area contributed by atoms with Crippen LogP contribution < -0.4 is 4.74 Å². The van der Waals surface area contributed by atoms with Crippen molar-refractivity contribution in [3.8, 4) is 5.75 Å². The third-order valence-electron chi connectivity index (χ3n) is 2.89. The minimum atomic E-state index is -1.82. The van der Waals surface area contributed by atoms with Gasteiger partial charge in [-0.1, -0.05) is 6.92 Å². The van der Waals surface area contributed by atoms with Crippen LogP contribution in [0.25, 0.3) is 10.9 Å². The van der Waals surface area contributed by atoms with Crippen molar-refractivity contribution >= 4 is 16.9 Å². The number of aromatic nitrogens is 1. The summed E-state index contributed by atoms with van der Waals surface area (Å²) in [4.78, 5) is 11.5. The second-order valence-corrected chi connectivity index (χ2v) is 4.38. The van der Waals surface area contributed by atoms with E-state index < -0.39 is 12.3 Å². The van der Waals surface area contributed by atoms with Crippen molar-refractivity contribution in [3.63, 3.8) is 0 Å². The van der Waals surface area contributed by atoms with Gasteiger partial charge in [-0.15, -0.1) is 0 Å². The summed E-state index contributed by atoms with van der Waals surface area (Å²) in [6.45, 7) is 4.48. The lowest BCUT2D eigenvalue weighted by Crippen LogP contribution is -2.17. The lowest BCUT2D eigenvalue weighted by atomic mass is 10.2. The number of rotatable bonds is 6. The number of fused-ring (bicyclic) bond motifs is 1. The molecule has 1 aromatic carbocycles. The van der Waals surface area contributed by atoms with Crippen molar-refractivity contribution in [2.24, 2.45) is 0 Å². The van der Waals surface area contributed by atoms with E-state index in [0.717, 1.165) is 17.6 Å². The van der Waals surface area contributed by atoms with E-state index in [1.807, 2.05) is 13.0 Å². The molecule has 0 bridgehead atoms. The minimum Gasteiger partial charge on any atom is -0.494 e. The van der Waals surface area contributed by atoms with Gasteiger partial charge in [0.1, 0.15) is 5.75 Å². The van der Waals surface area contributed by atoms with Crippen molar-refractivity contribution < 1.29 is 18.7 Å². The van der Waals surface area contributed by atoms with Crippen molar-refractivity contribution in [1.82, 2.24) is 4.57 Å². The molecule has 0 saturated heterocycles. The standard InChI is InChI=1S/C15H18FNO3/c1-3-9-20-12-5-6-13-11(10-12)7-8-17(13)14(16)15(18)19-4-2/h5-8,10,14H,3-4,9H2,1-2H3. The largest absolute Gasteiger partial charge is 0.494 e. The number of benzene rings is 1. The summed E-state index contributed by atoms with van der Waals surface area (Å²) in [5.41, 5.74) is 0.634. The van der Waals surface area contributed by atoms with Gasteiger partial charge in [-0.3, -0.25) is 0 Å². The number of nitrogens with zero attached hydrogens (tertiary/aromatic N) is 1. The summed E-state index contributed by atoms with van der Waals surface area (Å²) in [5.74, 6) is -0.139. The molecule has 5 heteroatoms. The quantitative estimate of drug-likeness (QED) is 0.760. The first-order chi connectivity index (χ1) is 9.67. The first-order valence-corrected chi connectivity index (χ1v) is 6.71. The van der Waals surface area contributed by atoms with Crippen LogP contribution >= 0.6 is 0 Å². The first kappa shape index (κ1) is 14.4. The Morgan fingerprint density at radius 1 is 1.35 bits per heavy atom. The maximum Gasteiger partial charge on any atom is 0.362 e. The van der Waals surface area contributed by atoms with E-state index in [-0.39, 0.29) is 6.61 Å². The van der Waals surface area contributed by atoms with Gasteiger partial charge < -0.3 is 14.0 Å². The lowest BCUT2D eigenvalue weighted by Gasteiger charge is -2.11. The highest BCUT2D eigenvalue weighted by Gasteiger charge is 2.21. The van der Waals surface area contributed by atoms with Gasteiger partial charge in [0.15, 0.2) is 0 Å². The van der Waals surface area contributed by atoms with Crippen LogP contribution in [0.2, 0.25) is 0 Å². The number of hydrogen-bond acceptors (Lipinski definition) is 3. The molecule has 20 heavy (non-hydrogen) atoms. The molecule has 0 fully saturated rings. The van der Waals surface area contributed by atoms with Crippen LogP contribution in [0.5, 0.6) is 5.75 Å². The summed E-state index contributed by atoms with van der Waals surface area (Å²) in [7, 11) is 0. The van der Waals surface area contributed by atoms with Crippen LogP contribution in [-0.2, 0) is 9.53 Å². The number of ether oxygens (including phenoxy) is 2. The van der Waals surface area contributed by atoms with E-state index in [1.54, 1.807) is 25.1 Å². The van der Waals surface area contributed by atoms with Crippen LogP contribution in [0.15, 0.2) is 30.5 Å². The van der Waals surface area contributed by atoms with E-state index in [0.29, 0.717) is 12.1 Å². The number of halogens is 1. The van der Waals surface area contributed by atoms with Crippen LogP contribution in [0.1, 0.15) is 26.6 Å². The fourth-order valence-corrected chi connectivity index (χ4v) is 1.97. The van der Waals surface area contributed by atoms with Gasteiger partial charge in [0, 0.05) is 11.6 Å². The molecule has 0 amide bonds. The molecule has 0 radical (unpaired) electrons. The monoisotopic (exact) mass is 279 g/mol. The number of hydrogen-bond donors (Lipinski definition) is 0. The topological polar surface area (TPSA) is 40.5 Å². The lowest BCUT2D eigenvalue weighted by molar-refractivity contribution is -0.152. The molecule has 1 atom stereocenters. The van der Waals surface area contributed by atoms with Crippen LogP contribution in [-0.4, -0.2) is 23.8 Å². The maximum absolute atomic E-state index is 14.0. The zero-order chi connectivity index (χ0) is 14.5.